The Balaban J connectivity index is 1.66. The lowest BCUT2D eigenvalue weighted by molar-refractivity contribution is -0.388. The van der Waals surface area contributed by atoms with Crippen LogP contribution in [0.1, 0.15) is 18.4 Å². The second kappa shape index (κ2) is 8.74. The van der Waals surface area contributed by atoms with Gasteiger partial charge >= 0.3 is 6.18 Å². The minimum atomic E-state index is -4.70. The first kappa shape index (κ1) is 21.6. The summed E-state index contributed by atoms with van der Waals surface area (Å²) in [6, 6.07) is 8.89. The molecule has 11 heteroatoms. The van der Waals surface area contributed by atoms with E-state index in [9.17, 15) is 32.9 Å². The molecular formula is C19H16F3N3O4S. The number of carbonyl (C=O) groups is 2. The predicted octanol–water partition coefficient (Wildman–Crippen LogP) is 4.47. The van der Waals surface area contributed by atoms with Crippen LogP contribution >= 0.6 is 11.8 Å². The molecule has 30 heavy (non-hydrogen) atoms. The highest BCUT2D eigenvalue weighted by atomic mass is 32.2. The maximum absolute atomic E-state index is 12.8. The number of rotatable bonds is 6. The summed E-state index contributed by atoms with van der Waals surface area (Å²) in [6.45, 7) is 0.601. The van der Waals surface area contributed by atoms with Crippen LogP contribution in [0.5, 0.6) is 0 Å². The Morgan fingerprint density at radius 3 is 2.63 bits per heavy atom. The van der Waals surface area contributed by atoms with Crippen molar-refractivity contribution in [2.45, 2.75) is 23.9 Å². The van der Waals surface area contributed by atoms with Crippen LogP contribution in [0.15, 0.2) is 47.4 Å². The SMILES string of the molecule is O=C(CSc1ccc(C(F)(F)F)cc1[N+](=O)[O-])Nc1cccc(N2CCCC2=O)c1. The second-order valence-electron chi connectivity index (χ2n) is 6.47. The van der Waals surface area contributed by atoms with E-state index >= 15 is 0 Å². The molecule has 7 nitrogen and oxygen atoms in total. The Labute approximate surface area is 173 Å². The van der Waals surface area contributed by atoms with E-state index in [-0.39, 0.29) is 16.6 Å². The molecule has 2 aromatic rings. The van der Waals surface area contributed by atoms with Gasteiger partial charge < -0.3 is 10.2 Å². The molecule has 1 aliphatic heterocycles. The van der Waals surface area contributed by atoms with Crippen molar-refractivity contribution < 1.29 is 27.7 Å². The minimum absolute atomic E-state index is 0.00338. The van der Waals surface area contributed by atoms with Crippen LogP contribution in [-0.2, 0) is 15.8 Å². The van der Waals surface area contributed by atoms with Gasteiger partial charge in [0.15, 0.2) is 0 Å². The Morgan fingerprint density at radius 1 is 1.23 bits per heavy atom. The van der Waals surface area contributed by atoms with Crippen LogP contribution in [0.4, 0.5) is 30.2 Å². The molecule has 1 N–H and O–H groups in total. The highest BCUT2D eigenvalue weighted by molar-refractivity contribution is 8.00. The summed E-state index contributed by atoms with van der Waals surface area (Å²) in [7, 11) is 0. The zero-order valence-electron chi connectivity index (χ0n) is 15.4. The number of hydrogen-bond acceptors (Lipinski definition) is 5. The Kier molecular flexibility index (Phi) is 6.30. The summed E-state index contributed by atoms with van der Waals surface area (Å²) in [5, 5.41) is 13.7. The normalized spacial score (nSPS) is 14.1. The molecule has 0 spiro atoms. The maximum Gasteiger partial charge on any atom is 0.416 e. The summed E-state index contributed by atoms with van der Waals surface area (Å²) in [5.74, 6) is -0.721. The largest absolute Gasteiger partial charge is 0.416 e. The van der Waals surface area contributed by atoms with E-state index in [1.54, 1.807) is 29.2 Å². The summed E-state index contributed by atoms with van der Waals surface area (Å²) >= 11 is 0.766. The van der Waals surface area contributed by atoms with E-state index < -0.39 is 28.3 Å². The highest BCUT2D eigenvalue weighted by Crippen LogP contribution is 2.36. The van der Waals surface area contributed by atoms with Gasteiger partial charge in [0.25, 0.3) is 5.69 Å². The van der Waals surface area contributed by atoms with Crippen molar-refractivity contribution in [2.75, 3.05) is 22.5 Å². The number of thioether (sulfide) groups is 1. The fourth-order valence-electron chi connectivity index (χ4n) is 2.97. The second-order valence-corrected chi connectivity index (χ2v) is 7.49. The molecular weight excluding hydrogens is 423 g/mol. The number of alkyl halides is 3. The van der Waals surface area contributed by atoms with Crippen LogP contribution < -0.4 is 10.2 Å². The molecule has 3 rings (SSSR count). The summed E-state index contributed by atoms with van der Waals surface area (Å²) in [6.07, 6.45) is -3.47. The van der Waals surface area contributed by atoms with Gasteiger partial charge in [-0.25, -0.2) is 0 Å². The third kappa shape index (κ3) is 5.09. The fraction of sp³-hybridized carbons (Fsp3) is 0.263. The summed E-state index contributed by atoms with van der Waals surface area (Å²) in [4.78, 5) is 35.9. The van der Waals surface area contributed by atoms with Crippen molar-refractivity contribution in [2.24, 2.45) is 0 Å². The van der Waals surface area contributed by atoms with E-state index in [0.717, 1.165) is 30.3 Å². The van der Waals surface area contributed by atoms with Crippen LogP contribution in [0.2, 0.25) is 0 Å². The molecule has 0 aliphatic carbocycles. The van der Waals surface area contributed by atoms with Gasteiger partial charge in [-0.1, -0.05) is 6.07 Å². The third-order valence-corrected chi connectivity index (χ3v) is 5.42. The summed E-state index contributed by atoms with van der Waals surface area (Å²) in [5.41, 5.74) is -0.741. The van der Waals surface area contributed by atoms with Gasteiger partial charge in [-0.05, 0) is 36.8 Å². The van der Waals surface area contributed by atoms with Gasteiger partial charge in [-0.15, -0.1) is 11.8 Å². The molecule has 1 saturated heterocycles. The van der Waals surface area contributed by atoms with Crippen molar-refractivity contribution in [3.05, 3.63) is 58.1 Å². The molecule has 158 valence electrons. The van der Waals surface area contributed by atoms with Crippen molar-refractivity contribution >= 4 is 40.6 Å². The first-order valence-corrected chi connectivity index (χ1v) is 9.82. The average Bonchev–Trinajstić information content (AvgIpc) is 3.11. The molecule has 1 fully saturated rings. The third-order valence-electron chi connectivity index (χ3n) is 4.36. The number of benzene rings is 2. The Bertz CT molecular complexity index is 997. The number of carbonyl (C=O) groups excluding carboxylic acids is 2. The van der Waals surface area contributed by atoms with Gasteiger partial charge in [0.05, 0.1) is 21.1 Å². The number of hydrogen-bond donors (Lipinski definition) is 1. The van der Waals surface area contributed by atoms with Gasteiger partial charge in [0.1, 0.15) is 0 Å². The van der Waals surface area contributed by atoms with Crippen molar-refractivity contribution in [1.82, 2.24) is 0 Å². The van der Waals surface area contributed by atoms with Gasteiger partial charge in [-0.2, -0.15) is 13.2 Å². The molecule has 0 unspecified atom stereocenters. The number of halogens is 3. The monoisotopic (exact) mass is 439 g/mol. The highest BCUT2D eigenvalue weighted by Gasteiger charge is 2.33. The standard InChI is InChI=1S/C19H16F3N3O4S/c20-19(21,22)12-6-7-16(15(9-12)25(28)29)30-11-17(26)23-13-3-1-4-14(10-13)24-8-2-5-18(24)27/h1,3-4,6-7,9-10H,2,5,8,11H2,(H,23,26). The molecule has 0 atom stereocenters. The van der Waals surface area contributed by atoms with Crippen LogP contribution in [0.25, 0.3) is 0 Å². The molecule has 2 amide bonds. The van der Waals surface area contributed by atoms with Crippen molar-refractivity contribution in [3.8, 4) is 0 Å². The van der Waals surface area contributed by atoms with Gasteiger partial charge in [0, 0.05) is 30.4 Å². The van der Waals surface area contributed by atoms with E-state index in [4.69, 9.17) is 0 Å². The van der Waals surface area contributed by atoms with Crippen molar-refractivity contribution in [3.63, 3.8) is 0 Å². The maximum atomic E-state index is 12.8. The first-order chi connectivity index (χ1) is 14.1. The topological polar surface area (TPSA) is 92.5 Å². The number of amides is 2. The molecule has 0 saturated carbocycles. The number of nitro benzene ring substituents is 1. The number of nitrogens with one attached hydrogen (secondary N) is 1. The smallest absolute Gasteiger partial charge is 0.325 e. The van der Waals surface area contributed by atoms with Gasteiger partial charge in [0.2, 0.25) is 11.8 Å². The zero-order valence-corrected chi connectivity index (χ0v) is 16.3. The number of nitro groups is 1. The molecule has 0 aromatic heterocycles. The molecule has 1 aliphatic rings. The van der Waals surface area contributed by atoms with E-state index in [2.05, 4.69) is 5.32 Å². The van der Waals surface area contributed by atoms with Gasteiger partial charge in [-0.3, -0.25) is 19.7 Å². The molecule has 1 heterocycles. The Hall–Kier alpha value is -3.08. The summed E-state index contributed by atoms with van der Waals surface area (Å²) < 4.78 is 38.3. The lowest BCUT2D eigenvalue weighted by Crippen LogP contribution is -2.23. The van der Waals surface area contributed by atoms with Crippen molar-refractivity contribution in [1.29, 1.82) is 0 Å². The molecule has 2 aromatic carbocycles. The minimum Gasteiger partial charge on any atom is -0.325 e. The number of nitrogens with zero attached hydrogens (tertiary/aromatic N) is 2. The van der Waals surface area contributed by atoms with E-state index in [1.807, 2.05) is 0 Å². The number of anilines is 2. The lowest BCUT2D eigenvalue weighted by Gasteiger charge is -2.16. The van der Waals surface area contributed by atoms with E-state index in [1.165, 1.54) is 0 Å². The quantitative estimate of drug-likeness (QED) is 0.407. The van der Waals surface area contributed by atoms with Crippen LogP contribution in [0, 0.1) is 10.1 Å². The lowest BCUT2D eigenvalue weighted by atomic mass is 10.2. The molecule has 0 bridgehead atoms. The molecule has 0 radical (unpaired) electrons. The van der Waals surface area contributed by atoms with Crippen LogP contribution in [0.3, 0.4) is 0 Å². The average molecular weight is 439 g/mol. The van der Waals surface area contributed by atoms with Crippen LogP contribution in [-0.4, -0.2) is 29.0 Å². The first-order valence-electron chi connectivity index (χ1n) is 8.84. The Morgan fingerprint density at radius 2 is 2.00 bits per heavy atom. The fourth-order valence-corrected chi connectivity index (χ4v) is 3.78. The predicted molar refractivity (Wildman–Crippen MR) is 105 cm³/mol. The van der Waals surface area contributed by atoms with E-state index in [0.29, 0.717) is 30.4 Å². The zero-order chi connectivity index (χ0) is 21.9.